The van der Waals surface area contributed by atoms with Crippen molar-refractivity contribution in [2.24, 2.45) is 0 Å². The molecule has 2 heterocycles. The smallest absolute Gasteiger partial charge is 0.231 e. The van der Waals surface area contributed by atoms with Gasteiger partial charge in [-0.1, -0.05) is 54.6 Å². The minimum atomic E-state index is 0.145. The summed E-state index contributed by atoms with van der Waals surface area (Å²) in [6.45, 7) is 4.25. The summed E-state index contributed by atoms with van der Waals surface area (Å²) in [5.41, 5.74) is 9.71. The Hall–Kier alpha value is -4.44. The van der Waals surface area contributed by atoms with Gasteiger partial charge in [-0.2, -0.15) is 0 Å². The van der Waals surface area contributed by atoms with E-state index in [0.717, 1.165) is 33.3 Å². The number of hydrogen-bond donors (Lipinski definition) is 1. The highest BCUT2D eigenvalue weighted by Crippen LogP contribution is 2.37. The number of nitrogens with zero attached hydrogens (tertiary/aromatic N) is 2. The number of oxazole rings is 1. The number of fused-ring (bicyclic) bond motifs is 2. The van der Waals surface area contributed by atoms with Gasteiger partial charge in [0.2, 0.25) is 5.89 Å². The first-order chi connectivity index (χ1) is 16.6. The van der Waals surface area contributed by atoms with E-state index in [1.54, 1.807) is 18.2 Å². The van der Waals surface area contributed by atoms with Crippen LogP contribution in [0.1, 0.15) is 11.1 Å². The zero-order valence-corrected chi connectivity index (χ0v) is 18.9. The van der Waals surface area contributed by atoms with Gasteiger partial charge in [0.1, 0.15) is 11.3 Å². The number of aromatic nitrogens is 2. The summed E-state index contributed by atoms with van der Waals surface area (Å²) in [6.07, 6.45) is 1.88. The van der Waals surface area contributed by atoms with Crippen molar-refractivity contribution in [1.82, 2.24) is 9.97 Å². The SMILES string of the molecule is Cc1ccc2c(C)ccnc2c1-c1cccc(-c2cccc3oc(-c4ccccc4O)nc23)c1. The van der Waals surface area contributed by atoms with E-state index in [4.69, 9.17) is 14.4 Å². The van der Waals surface area contributed by atoms with Crippen molar-refractivity contribution in [2.75, 3.05) is 0 Å². The maximum atomic E-state index is 10.3. The molecule has 0 unspecified atom stereocenters. The van der Waals surface area contributed by atoms with Crippen molar-refractivity contribution in [3.8, 4) is 39.5 Å². The fraction of sp³-hybridized carbons (Fsp3) is 0.0667. The molecule has 0 spiro atoms. The lowest BCUT2D eigenvalue weighted by Gasteiger charge is -2.13. The highest BCUT2D eigenvalue weighted by Gasteiger charge is 2.16. The minimum absolute atomic E-state index is 0.145. The van der Waals surface area contributed by atoms with E-state index in [1.807, 2.05) is 30.5 Å². The zero-order chi connectivity index (χ0) is 23.2. The van der Waals surface area contributed by atoms with Crippen LogP contribution in [0.2, 0.25) is 0 Å². The second-order valence-electron chi connectivity index (χ2n) is 8.55. The fourth-order valence-electron chi connectivity index (χ4n) is 4.62. The van der Waals surface area contributed by atoms with Crippen LogP contribution >= 0.6 is 0 Å². The summed E-state index contributed by atoms with van der Waals surface area (Å²) >= 11 is 0. The van der Waals surface area contributed by atoms with Crippen LogP contribution in [0.5, 0.6) is 5.75 Å². The van der Waals surface area contributed by atoms with Crippen LogP contribution in [0.3, 0.4) is 0 Å². The van der Waals surface area contributed by atoms with Crippen molar-refractivity contribution < 1.29 is 9.52 Å². The number of para-hydroxylation sites is 2. The van der Waals surface area contributed by atoms with Crippen molar-refractivity contribution in [3.05, 3.63) is 102 Å². The molecular weight excluding hydrogens is 420 g/mol. The first kappa shape index (κ1) is 20.2. The molecule has 0 fully saturated rings. The monoisotopic (exact) mass is 442 g/mol. The summed E-state index contributed by atoms with van der Waals surface area (Å²) in [6, 6.07) is 27.8. The topological polar surface area (TPSA) is 59.2 Å². The van der Waals surface area contributed by atoms with Crippen molar-refractivity contribution >= 4 is 22.0 Å². The predicted molar refractivity (Wildman–Crippen MR) is 137 cm³/mol. The van der Waals surface area contributed by atoms with Crippen molar-refractivity contribution in [3.63, 3.8) is 0 Å². The van der Waals surface area contributed by atoms with Gasteiger partial charge in [-0.15, -0.1) is 0 Å². The lowest BCUT2D eigenvalue weighted by Crippen LogP contribution is -1.91. The van der Waals surface area contributed by atoms with Gasteiger partial charge in [0, 0.05) is 22.7 Å². The van der Waals surface area contributed by atoms with Crippen LogP contribution in [-0.4, -0.2) is 15.1 Å². The van der Waals surface area contributed by atoms with E-state index in [0.29, 0.717) is 17.0 Å². The number of hydrogen-bond acceptors (Lipinski definition) is 4. The van der Waals surface area contributed by atoms with E-state index in [-0.39, 0.29) is 5.75 Å². The predicted octanol–water partition coefficient (Wildman–Crippen LogP) is 7.70. The lowest BCUT2D eigenvalue weighted by atomic mass is 9.93. The molecule has 0 aliphatic heterocycles. The highest BCUT2D eigenvalue weighted by molar-refractivity contribution is 5.99. The maximum absolute atomic E-state index is 10.3. The minimum Gasteiger partial charge on any atom is -0.507 e. The third kappa shape index (κ3) is 3.23. The Morgan fingerprint density at radius 1 is 0.706 bits per heavy atom. The molecule has 4 nitrogen and oxygen atoms in total. The normalized spacial score (nSPS) is 11.4. The molecule has 4 heteroatoms. The molecule has 0 radical (unpaired) electrons. The van der Waals surface area contributed by atoms with Crippen molar-refractivity contribution in [1.29, 1.82) is 0 Å². The quantitative estimate of drug-likeness (QED) is 0.305. The molecule has 0 aliphatic carbocycles. The van der Waals surface area contributed by atoms with Crippen LogP contribution in [0, 0.1) is 13.8 Å². The Balaban J connectivity index is 1.53. The molecule has 1 N–H and O–H groups in total. The molecule has 0 aliphatic rings. The van der Waals surface area contributed by atoms with E-state index < -0.39 is 0 Å². The first-order valence-electron chi connectivity index (χ1n) is 11.2. The molecule has 164 valence electrons. The van der Waals surface area contributed by atoms with Crippen LogP contribution < -0.4 is 0 Å². The van der Waals surface area contributed by atoms with E-state index >= 15 is 0 Å². The van der Waals surface area contributed by atoms with Crippen molar-refractivity contribution in [2.45, 2.75) is 13.8 Å². The Labute approximate surface area is 197 Å². The summed E-state index contributed by atoms with van der Waals surface area (Å²) in [4.78, 5) is 9.49. The fourth-order valence-corrected chi connectivity index (χ4v) is 4.62. The number of benzene rings is 4. The molecule has 0 saturated heterocycles. The molecular formula is C30H22N2O2. The second kappa shape index (κ2) is 7.85. The van der Waals surface area contributed by atoms with Gasteiger partial charge in [-0.25, -0.2) is 4.98 Å². The van der Waals surface area contributed by atoms with Crippen LogP contribution in [-0.2, 0) is 0 Å². The van der Waals surface area contributed by atoms with Gasteiger partial charge >= 0.3 is 0 Å². The molecule has 0 atom stereocenters. The Bertz CT molecular complexity index is 1700. The summed E-state index contributed by atoms with van der Waals surface area (Å²) in [7, 11) is 0. The standard InChI is InChI=1S/C30H22N2O2/c1-18-15-16-31-29-22(18)14-13-19(2)27(29)21-8-5-7-20(17-21)23-10-6-12-26-28(23)32-30(34-26)24-9-3-4-11-25(24)33/h3-17,33H,1-2H3. The number of rotatable bonds is 3. The molecule has 0 bridgehead atoms. The van der Waals surface area contributed by atoms with Gasteiger partial charge < -0.3 is 9.52 Å². The third-order valence-corrected chi connectivity index (χ3v) is 6.35. The average Bonchev–Trinajstić information content (AvgIpc) is 3.29. The van der Waals surface area contributed by atoms with Crippen LogP contribution in [0.25, 0.3) is 55.7 Å². The number of aromatic hydroxyl groups is 1. The molecule has 0 saturated carbocycles. The second-order valence-corrected chi connectivity index (χ2v) is 8.55. The lowest BCUT2D eigenvalue weighted by molar-refractivity contribution is 0.474. The van der Waals surface area contributed by atoms with E-state index in [1.165, 1.54) is 16.5 Å². The number of aryl methyl sites for hydroxylation is 2. The van der Waals surface area contributed by atoms with E-state index in [2.05, 4.69) is 56.3 Å². The highest BCUT2D eigenvalue weighted by atomic mass is 16.3. The average molecular weight is 443 g/mol. The summed E-state index contributed by atoms with van der Waals surface area (Å²) in [5, 5.41) is 11.4. The molecule has 6 aromatic rings. The summed E-state index contributed by atoms with van der Waals surface area (Å²) < 4.78 is 6.02. The maximum Gasteiger partial charge on any atom is 0.231 e. The third-order valence-electron chi connectivity index (χ3n) is 6.35. The van der Waals surface area contributed by atoms with Gasteiger partial charge in [0.05, 0.1) is 11.1 Å². The number of phenolic OH excluding ortho intramolecular Hbond substituents is 1. The van der Waals surface area contributed by atoms with E-state index in [9.17, 15) is 5.11 Å². The number of pyridine rings is 1. The Morgan fingerprint density at radius 3 is 2.38 bits per heavy atom. The molecule has 6 rings (SSSR count). The zero-order valence-electron chi connectivity index (χ0n) is 18.9. The van der Waals surface area contributed by atoms with Crippen LogP contribution in [0.4, 0.5) is 0 Å². The van der Waals surface area contributed by atoms with Gasteiger partial charge in [0.15, 0.2) is 5.58 Å². The van der Waals surface area contributed by atoms with Gasteiger partial charge in [-0.05, 0) is 66.4 Å². The molecule has 2 aromatic heterocycles. The molecule has 0 amide bonds. The Kier molecular flexibility index (Phi) is 4.66. The Morgan fingerprint density at radius 2 is 1.50 bits per heavy atom. The van der Waals surface area contributed by atoms with Gasteiger partial charge in [-0.3, -0.25) is 4.98 Å². The molecule has 34 heavy (non-hydrogen) atoms. The first-order valence-corrected chi connectivity index (χ1v) is 11.2. The van der Waals surface area contributed by atoms with Gasteiger partial charge in [0.25, 0.3) is 0 Å². The molecule has 4 aromatic carbocycles. The summed E-state index contributed by atoms with van der Waals surface area (Å²) in [5.74, 6) is 0.549. The van der Waals surface area contributed by atoms with Crippen LogP contribution in [0.15, 0.2) is 95.5 Å². The number of phenols is 1. The largest absolute Gasteiger partial charge is 0.507 e.